The Bertz CT molecular complexity index is 2140. The molecule has 0 fully saturated rings. The van der Waals surface area contributed by atoms with Crippen LogP contribution >= 0.6 is 0 Å². The number of rotatable bonds is 4. The van der Waals surface area contributed by atoms with Gasteiger partial charge in [-0.05, 0) is 84.3 Å². The zero-order valence-electron chi connectivity index (χ0n) is 24.4. The fourth-order valence-electron chi connectivity index (χ4n) is 7.97. The molecule has 0 heterocycles. The summed E-state index contributed by atoms with van der Waals surface area (Å²) in [5, 5.41) is 0. The molecule has 44 heavy (non-hydrogen) atoms. The van der Waals surface area contributed by atoms with Crippen molar-refractivity contribution < 1.29 is 0 Å². The largest absolute Gasteiger partial charge is 0.0725 e. The van der Waals surface area contributed by atoms with Crippen LogP contribution < -0.4 is 0 Å². The van der Waals surface area contributed by atoms with Crippen molar-refractivity contribution in [3.63, 3.8) is 0 Å². The zero-order chi connectivity index (χ0) is 29.1. The molecule has 0 atom stereocenters. The van der Waals surface area contributed by atoms with Crippen molar-refractivity contribution in [2.75, 3.05) is 0 Å². The van der Waals surface area contributed by atoms with E-state index in [-0.39, 0.29) is 5.41 Å². The molecular weight excluding hydrogens is 528 g/mol. The van der Waals surface area contributed by atoms with Crippen LogP contribution in [0.5, 0.6) is 0 Å². The molecule has 0 saturated carbocycles. The molecule has 0 bridgehead atoms. The minimum absolute atomic E-state index is 0.322. The van der Waals surface area contributed by atoms with Gasteiger partial charge in [0.2, 0.25) is 0 Å². The van der Waals surface area contributed by atoms with Gasteiger partial charge < -0.3 is 0 Å². The fraction of sp³-hybridized carbons (Fsp3) is 0.0455. The van der Waals surface area contributed by atoms with Gasteiger partial charge in [0.1, 0.15) is 0 Å². The normalized spacial score (nSPS) is 13.3. The second kappa shape index (κ2) is 9.79. The smallest absolute Gasteiger partial charge is 0.0622 e. The molecule has 0 saturated heterocycles. The highest BCUT2D eigenvalue weighted by Crippen LogP contribution is 2.63. The lowest BCUT2D eigenvalue weighted by Gasteiger charge is -2.30. The summed E-state index contributed by atoms with van der Waals surface area (Å²) in [5.41, 5.74) is 18.4. The maximum Gasteiger partial charge on any atom is 0.0725 e. The average molecular weight is 559 g/mol. The third kappa shape index (κ3) is 3.52. The Hall–Kier alpha value is -5.46. The Morgan fingerprint density at radius 2 is 0.795 bits per heavy atom. The maximum absolute atomic E-state index is 2.38. The van der Waals surface area contributed by atoms with E-state index in [0.29, 0.717) is 0 Å². The van der Waals surface area contributed by atoms with E-state index >= 15 is 0 Å². The molecule has 0 nitrogen and oxygen atoms in total. The molecule has 7 aromatic carbocycles. The SMILES string of the molecule is c1ccc(-c2ccc(Cc3ccccc3-c3cccc4c3-c3ccccc3C43c4ccccc4-c4ccccc43)cc2)cc1. The van der Waals surface area contributed by atoms with Crippen molar-refractivity contribution >= 4 is 0 Å². The molecule has 2 aliphatic carbocycles. The summed E-state index contributed by atoms with van der Waals surface area (Å²) in [6.45, 7) is 0. The predicted molar refractivity (Wildman–Crippen MR) is 183 cm³/mol. The first kappa shape index (κ1) is 25.1. The molecule has 206 valence electrons. The third-order valence-electron chi connectivity index (χ3n) is 9.78. The molecule has 0 aliphatic heterocycles. The second-order valence-corrected chi connectivity index (χ2v) is 12.0. The lowest BCUT2D eigenvalue weighted by molar-refractivity contribution is 0.794. The van der Waals surface area contributed by atoms with Crippen LogP contribution in [0.4, 0.5) is 0 Å². The van der Waals surface area contributed by atoms with Gasteiger partial charge in [0.25, 0.3) is 0 Å². The Kier molecular flexibility index (Phi) is 5.58. The molecule has 2 aliphatic rings. The lowest BCUT2D eigenvalue weighted by atomic mass is 9.70. The topological polar surface area (TPSA) is 0 Å². The molecule has 1 spiro atoms. The Morgan fingerprint density at radius 1 is 0.318 bits per heavy atom. The summed E-state index contributed by atoms with van der Waals surface area (Å²) >= 11 is 0. The number of hydrogen-bond acceptors (Lipinski definition) is 0. The standard InChI is InChI=1S/C44H30/c1-2-13-31(14-3-1)32-27-25-30(26-28-32)29-33-15-4-5-16-34(33)37-20-12-24-42-43(37)38-19-8-11-23-41(38)44(42)39-21-9-6-17-35(39)36-18-7-10-22-40(36)44/h1-28H,29H2. The first-order valence-corrected chi connectivity index (χ1v) is 15.5. The van der Waals surface area contributed by atoms with Crippen LogP contribution in [0.1, 0.15) is 33.4 Å². The van der Waals surface area contributed by atoms with Crippen LogP contribution in [0, 0.1) is 0 Å². The number of benzene rings is 7. The van der Waals surface area contributed by atoms with Gasteiger partial charge in [0.15, 0.2) is 0 Å². The maximum atomic E-state index is 2.38. The van der Waals surface area contributed by atoms with Gasteiger partial charge in [-0.3, -0.25) is 0 Å². The highest BCUT2D eigenvalue weighted by Gasteiger charge is 2.51. The fourth-order valence-corrected chi connectivity index (χ4v) is 7.97. The second-order valence-electron chi connectivity index (χ2n) is 12.0. The summed E-state index contributed by atoms with van der Waals surface area (Å²) in [4.78, 5) is 0. The highest BCUT2D eigenvalue weighted by molar-refractivity contribution is 6.00. The third-order valence-corrected chi connectivity index (χ3v) is 9.78. The Morgan fingerprint density at radius 3 is 1.48 bits per heavy atom. The van der Waals surface area contributed by atoms with Crippen LogP contribution in [-0.4, -0.2) is 0 Å². The number of fused-ring (bicyclic) bond motifs is 10. The van der Waals surface area contributed by atoms with Crippen LogP contribution in [0.25, 0.3) is 44.5 Å². The van der Waals surface area contributed by atoms with Crippen molar-refractivity contribution in [2.24, 2.45) is 0 Å². The average Bonchev–Trinajstić information content (AvgIpc) is 3.57. The van der Waals surface area contributed by atoms with E-state index in [1.165, 1.54) is 77.9 Å². The molecule has 0 aromatic heterocycles. The Labute approximate surface area is 258 Å². The molecule has 7 aromatic rings. The lowest BCUT2D eigenvalue weighted by Crippen LogP contribution is -2.25. The van der Waals surface area contributed by atoms with Crippen molar-refractivity contribution in [3.05, 3.63) is 203 Å². The van der Waals surface area contributed by atoms with E-state index in [9.17, 15) is 0 Å². The first-order chi connectivity index (χ1) is 21.8. The minimum atomic E-state index is -0.322. The molecule has 0 amide bonds. The molecule has 0 radical (unpaired) electrons. The predicted octanol–water partition coefficient (Wildman–Crippen LogP) is 11.0. The van der Waals surface area contributed by atoms with Crippen molar-refractivity contribution in [1.29, 1.82) is 0 Å². The van der Waals surface area contributed by atoms with Gasteiger partial charge in [-0.15, -0.1) is 0 Å². The van der Waals surface area contributed by atoms with Gasteiger partial charge in [-0.25, -0.2) is 0 Å². The van der Waals surface area contributed by atoms with E-state index in [1.807, 2.05) is 0 Å². The van der Waals surface area contributed by atoms with Crippen LogP contribution in [-0.2, 0) is 11.8 Å². The molecule has 0 heteroatoms. The summed E-state index contributed by atoms with van der Waals surface area (Å²) in [6, 6.07) is 62.8. The van der Waals surface area contributed by atoms with Crippen molar-refractivity contribution in [3.8, 4) is 44.5 Å². The Balaban J connectivity index is 1.22. The van der Waals surface area contributed by atoms with Gasteiger partial charge in [-0.2, -0.15) is 0 Å². The molecule has 0 N–H and O–H groups in total. The monoisotopic (exact) mass is 558 g/mol. The van der Waals surface area contributed by atoms with Crippen molar-refractivity contribution in [1.82, 2.24) is 0 Å². The van der Waals surface area contributed by atoms with E-state index < -0.39 is 0 Å². The van der Waals surface area contributed by atoms with E-state index in [0.717, 1.165) is 6.42 Å². The van der Waals surface area contributed by atoms with Crippen LogP contribution in [0.2, 0.25) is 0 Å². The molecular formula is C44H30. The summed E-state index contributed by atoms with van der Waals surface area (Å²) in [5.74, 6) is 0. The molecule has 9 rings (SSSR count). The minimum Gasteiger partial charge on any atom is -0.0622 e. The van der Waals surface area contributed by atoms with Crippen LogP contribution in [0.15, 0.2) is 170 Å². The first-order valence-electron chi connectivity index (χ1n) is 15.5. The van der Waals surface area contributed by atoms with E-state index in [1.54, 1.807) is 0 Å². The molecule has 0 unspecified atom stereocenters. The van der Waals surface area contributed by atoms with Gasteiger partial charge in [0.05, 0.1) is 5.41 Å². The van der Waals surface area contributed by atoms with Gasteiger partial charge in [0, 0.05) is 0 Å². The van der Waals surface area contributed by atoms with E-state index in [2.05, 4.69) is 170 Å². The summed E-state index contributed by atoms with van der Waals surface area (Å²) < 4.78 is 0. The zero-order valence-corrected chi connectivity index (χ0v) is 24.4. The van der Waals surface area contributed by atoms with Crippen molar-refractivity contribution in [2.45, 2.75) is 11.8 Å². The quantitative estimate of drug-likeness (QED) is 0.202. The highest BCUT2D eigenvalue weighted by atomic mass is 14.5. The number of hydrogen-bond donors (Lipinski definition) is 0. The van der Waals surface area contributed by atoms with Gasteiger partial charge in [-0.1, -0.05) is 170 Å². The van der Waals surface area contributed by atoms with Crippen LogP contribution in [0.3, 0.4) is 0 Å². The van der Waals surface area contributed by atoms with Gasteiger partial charge >= 0.3 is 0 Å². The summed E-state index contributed by atoms with van der Waals surface area (Å²) in [6.07, 6.45) is 0.882. The van der Waals surface area contributed by atoms with E-state index in [4.69, 9.17) is 0 Å². The summed E-state index contributed by atoms with van der Waals surface area (Å²) in [7, 11) is 0.